The molecule has 5 nitrogen and oxygen atoms in total. The summed E-state index contributed by atoms with van der Waals surface area (Å²) in [5.74, 6) is 0.316. The maximum absolute atomic E-state index is 12.7. The zero-order chi connectivity index (χ0) is 17.6. The molecule has 1 amide bonds. The van der Waals surface area contributed by atoms with Crippen molar-refractivity contribution in [2.45, 2.75) is 31.1 Å². The summed E-state index contributed by atoms with van der Waals surface area (Å²) in [5.41, 5.74) is 3.11. The van der Waals surface area contributed by atoms with E-state index in [1.165, 1.54) is 0 Å². The zero-order valence-electron chi connectivity index (χ0n) is 14.0. The number of fused-ring (bicyclic) bond motifs is 1. The fourth-order valence-corrected chi connectivity index (χ4v) is 4.59. The number of sulfonamides is 1. The van der Waals surface area contributed by atoms with Gasteiger partial charge >= 0.3 is 0 Å². The molecule has 2 aliphatic rings. The van der Waals surface area contributed by atoms with Crippen molar-refractivity contribution < 1.29 is 13.2 Å². The summed E-state index contributed by atoms with van der Waals surface area (Å²) in [5, 5.41) is 0. The number of nitrogens with one attached hydrogen (secondary N) is 1. The lowest BCUT2D eigenvalue weighted by Crippen LogP contribution is -2.30. The Labute approximate surface area is 147 Å². The molecule has 2 aromatic rings. The van der Waals surface area contributed by atoms with Crippen LogP contribution in [0.4, 0.5) is 11.4 Å². The van der Waals surface area contributed by atoms with Gasteiger partial charge in [-0.3, -0.25) is 9.52 Å². The lowest BCUT2D eigenvalue weighted by molar-refractivity contribution is -0.119. The minimum atomic E-state index is -3.66. The molecule has 1 aliphatic heterocycles. The summed E-state index contributed by atoms with van der Waals surface area (Å²) in [6, 6.07) is 12.3. The first kappa shape index (κ1) is 16.1. The lowest BCUT2D eigenvalue weighted by Gasteiger charge is -2.18. The van der Waals surface area contributed by atoms with E-state index in [1.54, 1.807) is 42.2 Å². The number of carbonyl (C=O) groups excluding carboxylic acids is 1. The second kappa shape index (κ2) is 5.88. The second-order valence-electron chi connectivity index (χ2n) is 6.73. The highest BCUT2D eigenvalue weighted by molar-refractivity contribution is 7.92. The first-order valence-corrected chi connectivity index (χ1v) is 9.97. The van der Waals surface area contributed by atoms with E-state index in [0.717, 1.165) is 30.5 Å². The SMILES string of the molecule is Cc1ccccc1S(=O)(=O)Nc1ccc2c(c1)N(C(=O)C1CC1)CC2. The Bertz CT molecular complexity index is 949. The predicted molar refractivity (Wildman–Crippen MR) is 97.2 cm³/mol. The monoisotopic (exact) mass is 356 g/mol. The number of anilines is 2. The number of hydrogen-bond acceptors (Lipinski definition) is 3. The Morgan fingerprint density at radius 2 is 1.92 bits per heavy atom. The minimum absolute atomic E-state index is 0.151. The van der Waals surface area contributed by atoms with E-state index in [9.17, 15) is 13.2 Å². The van der Waals surface area contributed by atoms with E-state index in [4.69, 9.17) is 0 Å². The van der Waals surface area contributed by atoms with Gasteiger partial charge in [-0.15, -0.1) is 0 Å². The molecule has 1 heterocycles. The number of hydrogen-bond donors (Lipinski definition) is 1. The van der Waals surface area contributed by atoms with E-state index in [2.05, 4.69) is 4.72 Å². The van der Waals surface area contributed by atoms with Gasteiger partial charge in [0.1, 0.15) is 0 Å². The number of nitrogens with zero attached hydrogens (tertiary/aromatic N) is 1. The Kier molecular flexibility index (Phi) is 3.80. The molecule has 0 atom stereocenters. The first-order valence-electron chi connectivity index (χ1n) is 8.48. The molecule has 2 aromatic carbocycles. The number of amides is 1. The first-order chi connectivity index (χ1) is 12.0. The standard InChI is InChI=1S/C19H20N2O3S/c1-13-4-2-3-5-18(13)25(23,24)20-16-9-8-14-10-11-21(17(14)12-16)19(22)15-6-7-15/h2-5,8-9,12,15,20H,6-7,10-11H2,1H3. The molecule has 1 N–H and O–H groups in total. The molecule has 0 spiro atoms. The zero-order valence-corrected chi connectivity index (χ0v) is 14.8. The van der Waals surface area contributed by atoms with Gasteiger partial charge in [0.15, 0.2) is 0 Å². The highest BCUT2D eigenvalue weighted by atomic mass is 32.2. The third-order valence-corrected chi connectivity index (χ3v) is 6.35. The van der Waals surface area contributed by atoms with Crippen LogP contribution in [0.5, 0.6) is 0 Å². The molecular formula is C19H20N2O3S. The third-order valence-electron chi connectivity index (χ3n) is 4.81. The Balaban J connectivity index is 1.63. The van der Waals surface area contributed by atoms with Crippen molar-refractivity contribution in [2.75, 3.05) is 16.2 Å². The fourth-order valence-electron chi connectivity index (χ4n) is 3.29. The van der Waals surface area contributed by atoms with Crippen molar-refractivity contribution in [1.82, 2.24) is 0 Å². The predicted octanol–water partition coefficient (Wildman–Crippen LogP) is 3.09. The van der Waals surface area contributed by atoms with E-state index >= 15 is 0 Å². The Morgan fingerprint density at radius 3 is 2.64 bits per heavy atom. The van der Waals surface area contributed by atoms with Gasteiger partial charge in [-0.25, -0.2) is 8.42 Å². The Morgan fingerprint density at radius 1 is 1.16 bits per heavy atom. The summed E-state index contributed by atoms with van der Waals surface area (Å²) in [6.07, 6.45) is 2.74. The molecule has 25 heavy (non-hydrogen) atoms. The molecule has 0 bridgehead atoms. The van der Waals surface area contributed by atoms with Gasteiger partial charge in [-0.05, 0) is 55.5 Å². The molecule has 0 unspecified atom stereocenters. The summed E-state index contributed by atoms with van der Waals surface area (Å²) in [6.45, 7) is 2.45. The average molecular weight is 356 g/mol. The van der Waals surface area contributed by atoms with Gasteiger partial charge in [0.2, 0.25) is 5.91 Å². The highest BCUT2D eigenvalue weighted by Crippen LogP contribution is 2.37. The van der Waals surface area contributed by atoms with Crippen LogP contribution >= 0.6 is 0 Å². The molecule has 0 saturated heterocycles. The van der Waals surface area contributed by atoms with Gasteiger partial charge in [0, 0.05) is 18.2 Å². The molecule has 0 aromatic heterocycles. The molecule has 4 rings (SSSR count). The van der Waals surface area contributed by atoms with Crippen LogP contribution in [0.2, 0.25) is 0 Å². The quantitative estimate of drug-likeness (QED) is 0.915. The summed E-state index contributed by atoms with van der Waals surface area (Å²) >= 11 is 0. The van der Waals surface area contributed by atoms with Gasteiger partial charge in [-0.1, -0.05) is 24.3 Å². The van der Waals surface area contributed by atoms with E-state index in [-0.39, 0.29) is 16.7 Å². The maximum atomic E-state index is 12.7. The number of aryl methyl sites for hydroxylation is 1. The van der Waals surface area contributed by atoms with Crippen molar-refractivity contribution in [2.24, 2.45) is 5.92 Å². The van der Waals surface area contributed by atoms with Crippen LogP contribution in [0.15, 0.2) is 47.4 Å². The molecular weight excluding hydrogens is 336 g/mol. The highest BCUT2D eigenvalue weighted by Gasteiger charge is 2.36. The number of carbonyl (C=O) groups is 1. The van der Waals surface area contributed by atoms with Gasteiger partial charge in [0.05, 0.1) is 10.6 Å². The molecule has 130 valence electrons. The van der Waals surface area contributed by atoms with Crippen LogP contribution in [-0.4, -0.2) is 20.9 Å². The normalized spacial score (nSPS) is 16.6. The van der Waals surface area contributed by atoms with Crippen molar-refractivity contribution in [3.05, 3.63) is 53.6 Å². The van der Waals surface area contributed by atoms with Crippen molar-refractivity contribution >= 4 is 27.3 Å². The van der Waals surface area contributed by atoms with Crippen LogP contribution in [-0.2, 0) is 21.2 Å². The largest absolute Gasteiger partial charge is 0.312 e. The lowest BCUT2D eigenvalue weighted by atomic mass is 10.1. The molecule has 1 aliphatic carbocycles. The van der Waals surface area contributed by atoms with E-state index < -0.39 is 10.0 Å². The molecule has 1 fully saturated rings. The van der Waals surface area contributed by atoms with Crippen LogP contribution in [0.1, 0.15) is 24.0 Å². The molecule has 0 radical (unpaired) electrons. The summed E-state index contributed by atoms with van der Waals surface area (Å²) in [7, 11) is -3.66. The van der Waals surface area contributed by atoms with Gasteiger partial charge in [0.25, 0.3) is 10.0 Å². The van der Waals surface area contributed by atoms with Crippen LogP contribution in [0.3, 0.4) is 0 Å². The van der Waals surface area contributed by atoms with Crippen molar-refractivity contribution in [3.63, 3.8) is 0 Å². The maximum Gasteiger partial charge on any atom is 0.262 e. The van der Waals surface area contributed by atoms with E-state index in [0.29, 0.717) is 17.8 Å². The fraction of sp³-hybridized carbons (Fsp3) is 0.316. The van der Waals surface area contributed by atoms with Gasteiger partial charge < -0.3 is 4.90 Å². The van der Waals surface area contributed by atoms with Crippen molar-refractivity contribution in [3.8, 4) is 0 Å². The van der Waals surface area contributed by atoms with Crippen LogP contribution in [0, 0.1) is 12.8 Å². The summed E-state index contributed by atoms with van der Waals surface area (Å²) < 4.78 is 28.0. The van der Waals surface area contributed by atoms with Crippen molar-refractivity contribution in [1.29, 1.82) is 0 Å². The molecule has 1 saturated carbocycles. The minimum Gasteiger partial charge on any atom is -0.312 e. The third kappa shape index (κ3) is 3.02. The van der Waals surface area contributed by atoms with E-state index in [1.807, 2.05) is 12.1 Å². The number of benzene rings is 2. The van der Waals surface area contributed by atoms with Gasteiger partial charge in [-0.2, -0.15) is 0 Å². The average Bonchev–Trinajstić information content (AvgIpc) is 3.34. The Hall–Kier alpha value is -2.34. The summed E-state index contributed by atoms with van der Waals surface area (Å²) in [4.78, 5) is 14.5. The molecule has 6 heteroatoms. The van der Waals surface area contributed by atoms with Crippen LogP contribution in [0.25, 0.3) is 0 Å². The van der Waals surface area contributed by atoms with Crippen LogP contribution < -0.4 is 9.62 Å². The smallest absolute Gasteiger partial charge is 0.262 e. The topological polar surface area (TPSA) is 66.5 Å². The second-order valence-corrected chi connectivity index (χ2v) is 8.38. The number of rotatable bonds is 4.